The van der Waals surface area contributed by atoms with Crippen molar-refractivity contribution in [1.29, 1.82) is 0 Å². The van der Waals surface area contributed by atoms with Crippen molar-refractivity contribution in [2.45, 2.75) is 95.3 Å². The molecule has 0 aliphatic rings. The molecule has 0 spiro atoms. The fourth-order valence-electron chi connectivity index (χ4n) is 1.78. The van der Waals surface area contributed by atoms with Crippen LogP contribution in [0.5, 0.6) is 0 Å². The summed E-state index contributed by atoms with van der Waals surface area (Å²) in [5.41, 5.74) is 0. The zero-order chi connectivity index (χ0) is 13.9. The zero-order valence-electron chi connectivity index (χ0n) is 12.8. The fourth-order valence-corrected chi connectivity index (χ4v) is 3.01. The third kappa shape index (κ3) is 25.9. The van der Waals surface area contributed by atoms with Gasteiger partial charge in [-0.3, -0.25) is 0 Å². The molecule has 0 aromatic rings. The second kappa shape index (κ2) is 23.3. The van der Waals surface area contributed by atoms with Crippen LogP contribution in [-0.4, -0.2) is 28.3 Å². The van der Waals surface area contributed by atoms with Crippen molar-refractivity contribution in [3.63, 3.8) is 0 Å². The molecule has 0 atom stereocenters. The van der Waals surface area contributed by atoms with E-state index in [0.29, 0.717) is 0 Å². The molecule has 0 aliphatic carbocycles. The van der Waals surface area contributed by atoms with Gasteiger partial charge in [-0.25, -0.2) is 0 Å². The number of rotatable bonds is 12. The van der Waals surface area contributed by atoms with Crippen LogP contribution in [0, 0.1) is 0 Å². The van der Waals surface area contributed by atoms with Gasteiger partial charge in [-0.2, -0.15) is 12.6 Å². The van der Waals surface area contributed by atoms with Gasteiger partial charge in [0.1, 0.15) is 0 Å². The monoisotopic (exact) mass is 379 g/mol. The van der Waals surface area contributed by atoms with E-state index in [1.165, 1.54) is 81.5 Å². The molecule has 109 valence electrons. The Hall–Kier alpha value is 1.15. The van der Waals surface area contributed by atoms with Crippen LogP contribution in [0.1, 0.15) is 90.9 Å². The Bertz CT molecular complexity index is 106. The van der Waals surface area contributed by atoms with Gasteiger partial charge in [0.2, 0.25) is 0 Å². The molecule has 0 fully saturated rings. The van der Waals surface area contributed by atoms with Crippen LogP contribution in [0.25, 0.3) is 0 Å². The summed E-state index contributed by atoms with van der Waals surface area (Å²) in [7, 11) is 0. The molecule has 0 rings (SSSR count). The zero-order valence-corrected chi connectivity index (χ0v) is 16.6. The first kappa shape index (κ1) is 21.4. The Morgan fingerprint density at radius 1 is 0.611 bits per heavy atom. The molecule has 0 nitrogen and oxygen atoms in total. The Labute approximate surface area is 136 Å². The van der Waals surface area contributed by atoms with Crippen LogP contribution in [0.15, 0.2) is 0 Å². The standard InChI is InChI=1S/C12H26S.C4H9.Sn/c1-2-3-4-5-6-7-8-9-10-11-12-13;1-3-4-2;/h13H,2-12H2,1H3;1,3-4H2,2H3;. The van der Waals surface area contributed by atoms with E-state index in [-0.39, 0.29) is 0 Å². The summed E-state index contributed by atoms with van der Waals surface area (Å²) >= 11 is 5.89. The van der Waals surface area contributed by atoms with Gasteiger partial charge in [-0.05, 0) is 12.2 Å². The second-order valence-electron chi connectivity index (χ2n) is 5.01. The molecule has 0 saturated carbocycles. The molecule has 0 aliphatic heterocycles. The number of thiol groups is 1. The van der Waals surface area contributed by atoms with Crippen LogP contribution < -0.4 is 0 Å². The molecule has 0 saturated heterocycles. The van der Waals surface area contributed by atoms with Crippen LogP contribution in [-0.2, 0) is 0 Å². The van der Waals surface area contributed by atoms with Crippen molar-refractivity contribution in [3.05, 3.63) is 0 Å². The molecule has 0 amide bonds. The molecule has 0 N–H and O–H groups in total. The fraction of sp³-hybridized carbons (Fsp3) is 1.00. The van der Waals surface area contributed by atoms with Gasteiger partial charge in [-0.15, -0.1) is 0 Å². The van der Waals surface area contributed by atoms with Crippen LogP contribution in [0.4, 0.5) is 0 Å². The third-order valence-corrected chi connectivity index (χ3v) is 4.37. The molecule has 2 heteroatoms. The summed E-state index contributed by atoms with van der Waals surface area (Å²) in [6, 6.07) is 0. The van der Waals surface area contributed by atoms with Crippen molar-refractivity contribution >= 4 is 35.2 Å². The summed E-state index contributed by atoms with van der Waals surface area (Å²) < 4.78 is 1.43. The van der Waals surface area contributed by atoms with E-state index in [1.54, 1.807) is 22.5 Å². The van der Waals surface area contributed by atoms with Crippen LogP contribution in [0.2, 0.25) is 4.44 Å². The summed E-state index contributed by atoms with van der Waals surface area (Å²) in [6.07, 6.45) is 17.0. The Morgan fingerprint density at radius 2 is 1.00 bits per heavy atom. The van der Waals surface area contributed by atoms with Crippen molar-refractivity contribution in [2.75, 3.05) is 5.75 Å². The molecule has 0 aromatic carbocycles. The summed E-state index contributed by atoms with van der Waals surface area (Å²) in [4.78, 5) is 0. The minimum atomic E-state index is 1.07. The van der Waals surface area contributed by atoms with E-state index in [0.717, 1.165) is 5.75 Å². The molecule has 0 aromatic heterocycles. The Balaban J connectivity index is 0. The van der Waals surface area contributed by atoms with Gasteiger partial charge < -0.3 is 0 Å². The number of hydrogen-bond acceptors (Lipinski definition) is 1. The summed E-state index contributed by atoms with van der Waals surface area (Å²) in [6.45, 7) is 4.50. The van der Waals surface area contributed by atoms with Crippen molar-refractivity contribution in [3.8, 4) is 0 Å². The quantitative estimate of drug-likeness (QED) is 0.233. The van der Waals surface area contributed by atoms with E-state index in [1.807, 2.05) is 0 Å². The van der Waals surface area contributed by atoms with Gasteiger partial charge in [0.25, 0.3) is 0 Å². The van der Waals surface area contributed by atoms with Crippen LogP contribution in [0.3, 0.4) is 0 Å². The number of hydrogen-bond donors (Lipinski definition) is 1. The third-order valence-electron chi connectivity index (χ3n) is 3.04. The molecule has 3 radical (unpaired) electrons. The van der Waals surface area contributed by atoms with Gasteiger partial charge in [0.05, 0.1) is 0 Å². The van der Waals surface area contributed by atoms with E-state index in [9.17, 15) is 0 Å². The Morgan fingerprint density at radius 3 is 1.28 bits per heavy atom. The van der Waals surface area contributed by atoms with E-state index < -0.39 is 0 Å². The normalized spacial score (nSPS) is 10.0. The van der Waals surface area contributed by atoms with Crippen molar-refractivity contribution < 1.29 is 0 Å². The molecule has 0 unspecified atom stereocenters. The van der Waals surface area contributed by atoms with E-state index in [4.69, 9.17) is 0 Å². The van der Waals surface area contributed by atoms with Crippen LogP contribution >= 0.6 is 12.6 Å². The van der Waals surface area contributed by atoms with Gasteiger partial charge >= 0.3 is 46.7 Å². The predicted molar refractivity (Wildman–Crippen MR) is 91.2 cm³/mol. The van der Waals surface area contributed by atoms with Gasteiger partial charge in [0, 0.05) is 0 Å². The molecular formula is C16H35SSn. The van der Waals surface area contributed by atoms with E-state index >= 15 is 0 Å². The van der Waals surface area contributed by atoms with Gasteiger partial charge in [0.15, 0.2) is 0 Å². The maximum absolute atomic E-state index is 4.20. The van der Waals surface area contributed by atoms with E-state index in [2.05, 4.69) is 26.5 Å². The number of unbranched alkanes of at least 4 members (excludes halogenated alkanes) is 10. The molecular weight excluding hydrogens is 343 g/mol. The molecule has 0 heterocycles. The average Bonchev–Trinajstić information content (AvgIpc) is 2.39. The second-order valence-corrected chi connectivity index (χ2v) is 6.88. The first-order valence-corrected chi connectivity index (χ1v) is 10.7. The SMILES string of the molecule is CCCCCCCCCCCCS.CCC[CH2][Sn]. The van der Waals surface area contributed by atoms with Crippen molar-refractivity contribution in [1.82, 2.24) is 0 Å². The first-order valence-electron chi connectivity index (χ1n) is 8.08. The Kier molecular flexibility index (Phi) is 27.7. The topological polar surface area (TPSA) is 0 Å². The van der Waals surface area contributed by atoms with Crippen molar-refractivity contribution in [2.24, 2.45) is 0 Å². The predicted octanol–water partition coefficient (Wildman–Crippen LogP) is 6.21. The van der Waals surface area contributed by atoms with Gasteiger partial charge in [-0.1, -0.05) is 64.7 Å². The average molecular weight is 378 g/mol. The molecule has 0 bridgehead atoms. The summed E-state index contributed by atoms with van der Waals surface area (Å²) in [5, 5.41) is 0. The first-order chi connectivity index (χ1) is 8.83. The molecule has 18 heavy (non-hydrogen) atoms. The minimum absolute atomic E-state index is 1.07. The summed E-state index contributed by atoms with van der Waals surface area (Å²) in [5.74, 6) is 1.07. The maximum atomic E-state index is 4.20.